The Morgan fingerprint density at radius 3 is 2.50 bits per heavy atom. The highest BCUT2D eigenvalue weighted by atomic mass is 32.1. The Balaban J connectivity index is 1.39. The summed E-state index contributed by atoms with van der Waals surface area (Å²) in [5, 5.41) is 2.13. The smallest absolute Gasteiger partial charge is 0.243 e. The summed E-state index contributed by atoms with van der Waals surface area (Å²) in [5.74, 6) is 0.0936. The van der Waals surface area contributed by atoms with Crippen LogP contribution in [-0.2, 0) is 22.4 Å². The summed E-state index contributed by atoms with van der Waals surface area (Å²) in [6.45, 7) is 2.97. The molecule has 2 heterocycles. The average molecular weight is 445 g/mol. The standard InChI is InChI=1S/C27H28N2O2S/c1-19-7-5-6-10-22(19)27-23-14-16-32-24(23)13-15-28(27)26(31)18-29(21-11-12-21)25(30)17-20-8-3-2-4-9-20/h2-10,14,16,21,27H,11-13,15,17-18H2,1H3. The van der Waals surface area contributed by atoms with Gasteiger partial charge in [0.1, 0.15) is 6.54 Å². The first-order chi connectivity index (χ1) is 15.6. The van der Waals surface area contributed by atoms with E-state index >= 15 is 0 Å². The number of aryl methyl sites for hydroxylation is 1. The van der Waals surface area contributed by atoms with Crippen LogP contribution in [0.3, 0.4) is 0 Å². The summed E-state index contributed by atoms with van der Waals surface area (Å²) in [4.78, 5) is 32.0. The third kappa shape index (κ3) is 4.22. The van der Waals surface area contributed by atoms with E-state index in [1.807, 2.05) is 52.3 Å². The van der Waals surface area contributed by atoms with Gasteiger partial charge in [-0.1, -0.05) is 54.6 Å². The molecule has 32 heavy (non-hydrogen) atoms. The van der Waals surface area contributed by atoms with Gasteiger partial charge in [0.2, 0.25) is 11.8 Å². The number of fused-ring (bicyclic) bond motifs is 1. The third-order valence-corrected chi connectivity index (χ3v) is 7.58. The number of carbonyl (C=O) groups excluding carboxylic acids is 2. The van der Waals surface area contributed by atoms with E-state index in [9.17, 15) is 9.59 Å². The number of nitrogens with zero attached hydrogens (tertiary/aromatic N) is 2. The minimum absolute atomic E-state index is 0.0448. The van der Waals surface area contributed by atoms with Crippen LogP contribution < -0.4 is 0 Å². The van der Waals surface area contributed by atoms with E-state index in [4.69, 9.17) is 0 Å². The minimum atomic E-state index is -0.0796. The van der Waals surface area contributed by atoms with Crippen LogP contribution in [0.1, 0.15) is 46.0 Å². The first kappa shape index (κ1) is 21.0. The number of rotatable bonds is 6. The maximum absolute atomic E-state index is 13.7. The third-order valence-electron chi connectivity index (χ3n) is 6.58. The zero-order valence-electron chi connectivity index (χ0n) is 18.4. The Morgan fingerprint density at radius 2 is 1.75 bits per heavy atom. The van der Waals surface area contributed by atoms with Gasteiger partial charge in [-0.15, -0.1) is 11.3 Å². The second kappa shape index (κ2) is 8.91. The number of thiophene rings is 1. The van der Waals surface area contributed by atoms with Crippen LogP contribution >= 0.6 is 11.3 Å². The second-order valence-corrected chi connectivity index (χ2v) is 9.81. The molecule has 3 aromatic rings. The molecule has 2 amide bonds. The van der Waals surface area contributed by atoms with Gasteiger partial charge in [0, 0.05) is 17.5 Å². The minimum Gasteiger partial charge on any atom is -0.330 e. The fourth-order valence-corrected chi connectivity index (χ4v) is 5.63. The van der Waals surface area contributed by atoms with Gasteiger partial charge in [-0.25, -0.2) is 0 Å². The molecule has 1 saturated carbocycles. The Bertz CT molecular complexity index is 1120. The highest BCUT2D eigenvalue weighted by Gasteiger charge is 2.38. The van der Waals surface area contributed by atoms with Crippen molar-refractivity contribution in [2.75, 3.05) is 13.1 Å². The highest BCUT2D eigenvalue weighted by molar-refractivity contribution is 7.10. The van der Waals surface area contributed by atoms with E-state index in [1.165, 1.54) is 21.6 Å². The van der Waals surface area contributed by atoms with Gasteiger partial charge in [-0.2, -0.15) is 0 Å². The maximum atomic E-state index is 13.7. The van der Waals surface area contributed by atoms with Gasteiger partial charge < -0.3 is 9.80 Å². The van der Waals surface area contributed by atoms with Crippen LogP contribution in [0.15, 0.2) is 66.0 Å². The van der Waals surface area contributed by atoms with Crippen LogP contribution in [0.2, 0.25) is 0 Å². The van der Waals surface area contributed by atoms with Gasteiger partial charge in [0.15, 0.2) is 0 Å². The predicted octanol–water partition coefficient (Wildman–Crippen LogP) is 4.76. The molecule has 1 aliphatic heterocycles. The molecular formula is C27H28N2O2S. The van der Waals surface area contributed by atoms with Crippen molar-refractivity contribution in [3.63, 3.8) is 0 Å². The summed E-state index contributed by atoms with van der Waals surface area (Å²) in [5.41, 5.74) is 4.59. The van der Waals surface area contributed by atoms with Crippen LogP contribution in [-0.4, -0.2) is 40.7 Å². The van der Waals surface area contributed by atoms with Crippen LogP contribution in [0.4, 0.5) is 0 Å². The summed E-state index contributed by atoms with van der Waals surface area (Å²) in [6, 6.07) is 20.4. The molecule has 5 rings (SSSR count). The number of hydrogen-bond acceptors (Lipinski definition) is 3. The van der Waals surface area contributed by atoms with Crippen molar-refractivity contribution in [3.8, 4) is 0 Å². The Labute approximate surface area is 193 Å². The zero-order chi connectivity index (χ0) is 22.1. The van der Waals surface area contributed by atoms with Crippen molar-refractivity contribution in [1.82, 2.24) is 9.80 Å². The Hall–Kier alpha value is -2.92. The molecule has 164 valence electrons. The SMILES string of the molecule is Cc1ccccc1C1c2ccsc2CCN1C(=O)CN(C(=O)Cc1ccccc1)C1CC1. The van der Waals surface area contributed by atoms with Gasteiger partial charge in [-0.05, 0) is 59.9 Å². The van der Waals surface area contributed by atoms with Crippen molar-refractivity contribution < 1.29 is 9.59 Å². The van der Waals surface area contributed by atoms with Crippen molar-refractivity contribution in [2.24, 2.45) is 0 Å². The van der Waals surface area contributed by atoms with Crippen LogP contribution in [0, 0.1) is 6.92 Å². The molecule has 2 aromatic carbocycles. The number of amides is 2. The molecule has 0 N–H and O–H groups in total. The molecule has 5 heteroatoms. The summed E-state index contributed by atoms with van der Waals surface area (Å²) in [7, 11) is 0. The van der Waals surface area contributed by atoms with E-state index in [2.05, 4.69) is 30.5 Å². The van der Waals surface area contributed by atoms with Gasteiger partial charge >= 0.3 is 0 Å². The summed E-state index contributed by atoms with van der Waals surface area (Å²) in [6.07, 6.45) is 3.20. The van der Waals surface area contributed by atoms with Crippen molar-refractivity contribution in [1.29, 1.82) is 0 Å². The van der Waals surface area contributed by atoms with Crippen molar-refractivity contribution >= 4 is 23.2 Å². The van der Waals surface area contributed by atoms with Gasteiger partial charge in [0.05, 0.1) is 12.5 Å². The lowest BCUT2D eigenvalue weighted by atomic mass is 9.90. The molecule has 0 bridgehead atoms. The monoisotopic (exact) mass is 444 g/mol. The lowest BCUT2D eigenvalue weighted by Crippen LogP contribution is -2.47. The van der Waals surface area contributed by atoms with E-state index in [0.717, 1.165) is 24.8 Å². The zero-order valence-corrected chi connectivity index (χ0v) is 19.2. The maximum Gasteiger partial charge on any atom is 0.243 e. The van der Waals surface area contributed by atoms with Gasteiger partial charge in [-0.3, -0.25) is 9.59 Å². The van der Waals surface area contributed by atoms with E-state index in [1.54, 1.807) is 11.3 Å². The normalized spacial score (nSPS) is 17.7. The Morgan fingerprint density at radius 1 is 1.00 bits per heavy atom. The van der Waals surface area contributed by atoms with E-state index < -0.39 is 0 Å². The van der Waals surface area contributed by atoms with E-state index in [-0.39, 0.29) is 30.4 Å². The van der Waals surface area contributed by atoms with Crippen LogP contribution in [0.25, 0.3) is 0 Å². The summed E-state index contributed by atoms with van der Waals surface area (Å²) < 4.78 is 0. The first-order valence-corrected chi connectivity index (χ1v) is 12.2. The molecule has 1 unspecified atom stereocenters. The fourth-order valence-electron chi connectivity index (χ4n) is 4.73. The molecule has 0 spiro atoms. The molecule has 2 aliphatic rings. The molecule has 0 saturated heterocycles. The Kier molecular flexibility index (Phi) is 5.83. The van der Waals surface area contributed by atoms with Crippen LogP contribution in [0.5, 0.6) is 0 Å². The van der Waals surface area contributed by atoms with Gasteiger partial charge in [0.25, 0.3) is 0 Å². The van der Waals surface area contributed by atoms with Crippen molar-refractivity contribution in [3.05, 3.63) is 93.2 Å². The largest absolute Gasteiger partial charge is 0.330 e. The average Bonchev–Trinajstić information content (AvgIpc) is 3.53. The molecule has 4 nitrogen and oxygen atoms in total. The molecule has 1 aromatic heterocycles. The molecule has 0 radical (unpaired) electrons. The number of hydrogen-bond donors (Lipinski definition) is 0. The number of benzene rings is 2. The lowest BCUT2D eigenvalue weighted by Gasteiger charge is -2.38. The quantitative estimate of drug-likeness (QED) is 0.550. The fraction of sp³-hybridized carbons (Fsp3) is 0.333. The molecular weight excluding hydrogens is 416 g/mol. The molecule has 1 aliphatic carbocycles. The lowest BCUT2D eigenvalue weighted by molar-refractivity contribution is -0.142. The molecule has 1 atom stereocenters. The second-order valence-electron chi connectivity index (χ2n) is 8.81. The first-order valence-electron chi connectivity index (χ1n) is 11.4. The van der Waals surface area contributed by atoms with Crippen molar-refractivity contribution in [2.45, 2.75) is 44.7 Å². The molecule has 1 fully saturated rings. The topological polar surface area (TPSA) is 40.6 Å². The number of carbonyl (C=O) groups is 2. The predicted molar refractivity (Wildman–Crippen MR) is 128 cm³/mol. The summed E-state index contributed by atoms with van der Waals surface area (Å²) >= 11 is 1.78. The highest BCUT2D eigenvalue weighted by Crippen LogP contribution is 2.39. The van der Waals surface area contributed by atoms with E-state index in [0.29, 0.717) is 13.0 Å².